The summed E-state index contributed by atoms with van der Waals surface area (Å²) in [5, 5.41) is 7.10. The second-order valence-corrected chi connectivity index (χ2v) is 13.9. The van der Waals surface area contributed by atoms with E-state index in [4.69, 9.17) is 9.97 Å². The molecule has 4 heterocycles. The van der Waals surface area contributed by atoms with Crippen LogP contribution in [0, 0.1) is 13.8 Å². The molecule has 10 rings (SSSR count). The van der Waals surface area contributed by atoms with E-state index < -0.39 is 0 Å². The van der Waals surface area contributed by atoms with Crippen LogP contribution < -0.4 is 0 Å². The van der Waals surface area contributed by atoms with Gasteiger partial charge in [0.25, 0.3) is 0 Å². The normalized spacial score (nSPS) is 11.5. The van der Waals surface area contributed by atoms with E-state index in [1.54, 1.807) is 0 Å². The largest absolute Gasteiger partial charge is 0.265 e. The van der Waals surface area contributed by atoms with Gasteiger partial charge in [-0.1, -0.05) is 91.0 Å². The standard InChI is InChI=1S/C50H34N4/c1-31-45-41-15-9-10-16-43(41)53-49(35-11-5-3-6-12-35)47(45)32(2)46-42-18-17-37(30-44(42)54-50(48(31)46)36-13-7-4-8-14-36)40-28-38(33-19-23-51-24-20-33)27-39(29-40)34-21-25-52-26-22-34/h3-30H,1-2H3. The molecule has 0 spiro atoms. The molecule has 254 valence electrons. The first-order valence-corrected chi connectivity index (χ1v) is 18.3. The van der Waals surface area contributed by atoms with Crippen molar-refractivity contribution in [1.29, 1.82) is 0 Å². The molecule has 0 amide bonds. The minimum atomic E-state index is 0.954. The molecule has 10 aromatic rings. The highest BCUT2D eigenvalue weighted by Crippen LogP contribution is 2.46. The van der Waals surface area contributed by atoms with Gasteiger partial charge in [0, 0.05) is 57.5 Å². The van der Waals surface area contributed by atoms with Gasteiger partial charge < -0.3 is 0 Å². The molecule has 54 heavy (non-hydrogen) atoms. The Labute approximate surface area is 313 Å². The van der Waals surface area contributed by atoms with E-state index in [-0.39, 0.29) is 0 Å². The second kappa shape index (κ2) is 12.9. The first-order valence-electron chi connectivity index (χ1n) is 18.3. The summed E-state index contributed by atoms with van der Waals surface area (Å²) in [5.41, 5.74) is 15.3. The molecular formula is C50H34N4. The van der Waals surface area contributed by atoms with Crippen LogP contribution in [0.2, 0.25) is 0 Å². The van der Waals surface area contributed by atoms with Crippen molar-refractivity contribution in [2.75, 3.05) is 0 Å². The molecule has 0 radical (unpaired) electrons. The van der Waals surface area contributed by atoms with Gasteiger partial charge in [0.1, 0.15) is 0 Å². The van der Waals surface area contributed by atoms with Crippen LogP contribution in [0.3, 0.4) is 0 Å². The van der Waals surface area contributed by atoms with Crippen LogP contribution >= 0.6 is 0 Å². The van der Waals surface area contributed by atoms with Gasteiger partial charge in [0.05, 0.1) is 22.4 Å². The van der Waals surface area contributed by atoms with Crippen molar-refractivity contribution in [3.63, 3.8) is 0 Å². The summed E-state index contributed by atoms with van der Waals surface area (Å²) >= 11 is 0. The fraction of sp³-hybridized carbons (Fsp3) is 0.0400. The van der Waals surface area contributed by atoms with E-state index in [2.05, 4.69) is 169 Å². The van der Waals surface area contributed by atoms with Crippen molar-refractivity contribution in [3.8, 4) is 55.9 Å². The lowest BCUT2D eigenvalue weighted by atomic mass is 9.85. The molecule has 0 unspecified atom stereocenters. The van der Waals surface area contributed by atoms with Crippen molar-refractivity contribution < 1.29 is 0 Å². The fourth-order valence-corrected chi connectivity index (χ4v) is 8.24. The lowest BCUT2D eigenvalue weighted by Crippen LogP contribution is -1.99. The molecule has 4 heteroatoms. The van der Waals surface area contributed by atoms with Crippen molar-refractivity contribution >= 4 is 43.4 Å². The SMILES string of the molecule is Cc1c2c(-c3ccccc3)nc3cc(-c4cc(-c5ccncc5)cc(-c5ccncc5)c4)ccc3c2c(C)c2c(-c3ccccc3)nc3ccccc3c12. The van der Waals surface area contributed by atoms with Crippen LogP contribution in [-0.2, 0) is 0 Å². The predicted molar refractivity (Wildman–Crippen MR) is 224 cm³/mol. The highest BCUT2D eigenvalue weighted by atomic mass is 14.7. The number of aryl methyl sites for hydroxylation is 2. The number of aromatic nitrogens is 4. The molecular weight excluding hydrogens is 657 g/mol. The summed E-state index contributed by atoms with van der Waals surface area (Å²) < 4.78 is 0. The van der Waals surface area contributed by atoms with E-state index in [1.165, 1.54) is 32.7 Å². The summed E-state index contributed by atoms with van der Waals surface area (Å²) in [6.07, 6.45) is 7.39. The van der Waals surface area contributed by atoms with E-state index in [9.17, 15) is 0 Å². The van der Waals surface area contributed by atoms with Crippen LogP contribution in [0.5, 0.6) is 0 Å². The van der Waals surface area contributed by atoms with Crippen molar-refractivity contribution in [2.45, 2.75) is 13.8 Å². The zero-order valence-electron chi connectivity index (χ0n) is 30.0. The smallest absolute Gasteiger partial charge is 0.0791 e. The molecule has 4 nitrogen and oxygen atoms in total. The number of nitrogens with zero attached hydrogens (tertiary/aromatic N) is 4. The Balaban J connectivity index is 1.30. The van der Waals surface area contributed by atoms with Crippen LogP contribution in [0.4, 0.5) is 0 Å². The molecule has 0 saturated heterocycles. The Bertz CT molecular complexity index is 2980. The van der Waals surface area contributed by atoms with Gasteiger partial charge in [-0.05, 0) is 124 Å². The Morgan fingerprint density at radius 2 is 0.759 bits per heavy atom. The first kappa shape index (κ1) is 31.7. The van der Waals surface area contributed by atoms with Gasteiger partial charge >= 0.3 is 0 Å². The van der Waals surface area contributed by atoms with Crippen LogP contribution in [0.15, 0.2) is 170 Å². The van der Waals surface area contributed by atoms with Gasteiger partial charge in [-0.2, -0.15) is 0 Å². The average Bonchev–Trinajstić information content (AvgIpc) is 3.25. The Morgan fingerprint density at radius 1 is 0.315 bits per heavy atom. The number of pyridine rings is 4. The maximum absolute atomic E-state index is 5.56. The zero-order chi connectivity index (χ0) is 36.2. The topological polar surface area (TPSA) is 51.6 Å². The van der Waals surface area contributed by atoms with Crippen LogP contribution in [0.25, 0.3) is 99.2 Å². The minimum Gasteiger partial charge on any atom is -0.265 e. The third-order valence-electron chi connectivity index (χ3n) is 10.8. The molecule has 0 fully saturated rings. The van der Waals surface area contributed by atoms with Gasteiger partial charge in [-0.3, -0.25) is 9.97 Å². The van der Waals surface area contributed by atoms with E-state index in [0.717, 1.165) is 77.7 Å². The highest BCUT2D eigenvalue weighted by molar-refractivity contribution is 6.25. The van der Waals surface area contributed by atoms with Crippen molar-refractivity contribution in [2.24, 2.45) is 0 Å². The maximum Gasteiger partial charge on any atom is 0.0791 e. The van der Waals surface area contributed by atoms with Gasteiger partial charge in [-0.25, -0.2) is 9.97 Å². The summed E-state index contributed by atoms with van der Waals surface area (Å²) in [7, 11) is 0. The lowest BCUT2D eigenvalue weighted by molar-refractivity contribution is 1.33. The van der Waals surface area contributed by atoms with E-state index in [1.807, 2.05) is 24.8 Å². The Hall–Kier alpha value is -7.04. The molecule has 0 bridgehead atoms. The molecule has 0 atom stereocenters. The number of hydrogen-bond acceptors (Lipinski definition) is 4. The molecule has 4 aromatic heterocycles. The number of fused-ring (bicyclic) bond motifs is 6. The Morgan fingerprint density at radius 3 is 1.30 bits per heavy atom. The number of hydrogen-bond donors (Lipinski definition) is 0. The highest BCUT2D eigenvalue weighted by Gasteiger charge is 2.22. The molecule has 0 N–H and O–H groups in total. The van der Waals surface area contributed by atoms with E-state index >= 15 is 0 Å². The van der Waals surface area contributed by atoms with E-state index in [0.29, 0.717) is 0 Å². The number of rotatable bonds is 5. The quantitative estimate of drug-likeness (QED) is 0.133. The van der Waals surface area contributed by atoms with Crippen molar-refractivity contribution in [1.82, 2.24) is 19.9 Å². The summed E-state index contributed by atoms with van der Waals surface area (Å²) in [4.78, 5) is 19.4. The van der Waals surface area contributed by atoms with Crippen LogP contribution in [-0.4, -0.2) is 19.9 Å². The molecule has 0 aliphatic carbocycles. The molecule has 0 saturated carbocycles. The molecule has 0 aliphatic rings. The monoisotopic (exact) mass is 690 g/mol. The average molecular weight is 691 g/mol. The Kier molecular flexibility index (Phi) is 7.55. The minimum absolute atomic E-state index is 0.954. The fourth-order valence-electron chi connectivity index (χ4n) is 8.24. The third-order valence-corrected chi connectivity index (χ3v) is 10.8. The van der Waals surface area contributed by atoms with Gasteiger partial charge in [0.15, 0.2) is 0 Å². The zero-order valence-corrected chi connectivity index (χ0v) is 30.0. The summed E-state index contributed by atoms with van der Waals surface area (Å²) in [5.74, 6) is 0. The number of benzene rings is 6. The maximum atomic E-state index is 5.56. The molecule has 0 aliphatic heterocycles. The number of para-hydroxylation sites is 1. The van der Waals surface area contributed by atoms with Gasteiger partial charge in [0.2, 0.25) is 0 Å². The second-order valence-electron chi connectivity index (χ2n) is 13.9. The summed E-state index contributed by atoms with van der Waals surface area (Å²) in [6, 6.07) is 51.6. The molecule has 6 aromatic carbocycles. The first-order chi connectivity index (χ1) is 26.6. The van der Waals surface area contributed by atoms with Gasteiger partial charge in [-0.15, -0.1) is 0 Å². The lowest BCUT2D eigenvalue weighted by Gasteiger charge is -2.21. The third kappa shape index (κ3) is 5.22. The summed E-state index contributed by atoms with van der Waals surface area (Å²) in [6.45, 7) is 4.54. The van der Waals surface area contributed by atoms with Crippen LogP contribution in [0.1, 0.15) is 11.1 Å². The predicted octanol–water partition coefficient (Wildman–Crippen LogP) is 12.8. The van der Waals surface area contributed by atoms with Crippen molar-refractivity contribution in [3.05, 3.63) is 182 Å².